The zero-order chi connectivity index (χ0) is 19.2. The fourth-order valence-corrected chi connectivity index (χ4v) is 3.65. The number of nitrogens with one attached hydrogen (secondary N) is 1. The van der Waals surface area contributed by atoms with Crippen LogP contribution in [0.3, 0.4) is 0 Å². The average Bonchev–Trinajstić information content (AvgIpc) is 3.30. The molecule has 3 aromatic rings. The predicted molar refractivity (Wildman–Crippen MR) is 109 cm³/mol. The number of para-hydroxylation sites is 1. The second-order valence-corrected chi connectivity index (χ2v) is 6.96. The van der Waals surface area contributed by atoms with Crippen LogP contribution in [0.15, 0.2) is 79.0 Å². The van der Waals surface area contributed by atoms with Gasteiger partial charge in [-0.3, -0.25) is 9.69 Å². The van der Waals surface area contributed by atoms with Crippen molar-refractivity contribution in [1.29, 1.82) is 0 Å². The summed E-state index contributed by atoms with van der Waals surface area (Å²) in [7, 11) is 0. The van der Waals surface area contributed by atoms with E-state index in [-0.39, 0.29) is 11.9 Å². The summed E-state index contributed by atoms with van der Waals surface area (Å²) in [5.74, 6) is 0.949. The molecule has 0 bridgehead atoms. The fourth-order valence-electron chi connectivity index (χ4n) is 3.65. The van der Waals surface area contributed by atoms with E-state index in [1.807, 2.05) is 53.4 Å². The van der Waals surface area contributed by atoms with Crippen LogP contribution < -0.4 is 4.74 Å². The smallest absolute Gasteiger partial charge is 0.270 e. The van der Waals surface area contributed by atoms with Crippen molar-refractivity contribution in [2.45, 2.75) is 6.04 Å². The Kier molecular flexibility index (Phi) is 5.73. The molecule has 28 heavy (non-hydrogen) atoms. The first-order valence-corrected chi connectivity index (χ1v) is 9.71. The molecular weight excluding hydrogens is 350 g/mol. The second-order valence-electron chi connectivity index (χ2n) is 6.96. The normalized spacial score (nSPS) is 15.9. The van der Waals surface area contributed by atoms with Gasteiger partial charge in [-0.15, -0.1) is 0 Å². The topological polar surface area (TPSA) is 48.6 Å². The van der Waals surface area contributed by atoms with E-state index in [9.17, 15) is 4.79 Å². The van der Waals surface area contributed by atoms with Crippen LogP contribution in [-0.2, 0) is 0 Å². The molecule has 1 aromatic heterocycles. The third kappa shape index (κ3) is 4.26. The summed E-state index contributed by atoms with van der Waals surface area (Å²) in [4.78, 5) is 19.9. The molecule has 0 aliphatic carbocycles. The Labute approximate surface area is 165 Å². The summed E-state index contributed by atoms with van der Waals surface area (Å²) in [6.07, 6.45) is 1.79. The van der Waals surface area contributed by atoms with Gasteiger partial charge >= 0.3 is 0 Å². The molecule has 1 saturated heterocycles. The molecule has 2 heterocycles. The van der Waals surface area contributed by atoms with E-state index in [1.54, 1.807) is 6.20 Å². The van der Waals surface area contributed by atoms with Crippen molar-refractivity contribution in [3.8, 4) is 5.75 Å². The van der Waals surface area contributed by atoms with Gasteiger partial charge in [-0.1, -0.05) is 48.5 Å². The first-order valence-electron chi connectivity index (χ1n) is 9.71. The molecule has 1 N–H and O–H groups in total. The lowest BCUT2D eigenvalue weighted by Gasteiger charge is -2.39. The molecule has 0 spiro atoms. The number of benzene rings is 2. The Hall–Kier alpha value is -3.05. The largest absolute Gasteiger partial charge is 0.492 e. The highest BCUT2D eigenvalue weighted by atomic mass is 16.5. The molecule has 4 rings (SSSR count). The Bertz CT molecular complexity index is 857. The minimum atomic E-state index is 0.0708. The molecule has 2 aromatic carbocycles. The maximum atomic E-state index is 12.6. The number of nitrogens with zero attached hydrogens (tertiary/aromatic N) is 2. The van der Waals surface area contributed by atoms with Crippen molar-refractivity contribution in [3.63, 3.8) is 0 Å². The maximum absolute atomic E-state index is 12.6. The quantitative estimate of drug-likeness (QED) is 0.716. The molecule has 1 amide bonds. The standard InChI is InChI=1S/C23H25N3O2/c27-23(21-12-7-13-24-21)26-16-14-25(15-17-26)22(19-8-3-1-4-9-19)18-28-20-10-5-2-6-11-20/h1-13,22,24H,14-18H2. The minimum Gasteiger partial charge on any atom is -0.492 e. The number of amides is 1. The van der Waals surface area contributed by atoms with E-state index in [1.165, 1.54) is 5.56 Å². The van der Waals surface area contributed by atoms with Crippen LogP contribution in [0.5, 0.6) is 5.75 Å². The summed E-state index contributed by atoms with van der Waals surface area (Å²) in [6, 6.07) is 24.2. The van der Waals surface area contributed by atoms with Crippen LogP contribution >= 0.6 is 0 Å². The first kappa shape index (κ1) is 18.3. The summed E-state index contributed by atoms with van der Waals surface area (Å²) in [6.45, 7) is 3.66. The first-order chi connectivity index (χ1) is 13.8. The number of aromatic nitrogens is 1. The third-order valence-electron chi connectivity index (χ3n) is 5.21. The molecule has 1 aliphatic rings. The summed E-state index contributed by atoms with van der Waals surface area (Å²) >= 11 is 0. The molecule has 0 radical (unpaired) electrons. The van der Waals surface area contributed by atoms with E-state index in [2.05, 4.69) is 34.1 Å². The highest BCUT2D eigenvalue weighted by molar-refractivity contribution is 5.92. The lowest BCUT2D eigenvalue weighted by molar-refractivity contribution is 0.0495. The number of carbonyl (C=O) groups is 1. The van der Waals surface area contributed by atoms with Gasteiger partial charge in [0.2, 0.25) is 0 Å². The van der Waals surface area contributed by atoms with Gasteiger partial charge in [0.05, 0.1) is 6.04 Å². The van der Waals surface area contributed by atoms with Crippen LogP contribution in [0.1, 0.15) is 22.1 Å². The molecule has 5 heteroatoms. The van der Waals surface area contributed by atoms with Crippen LogP contribution in [0.2, 0.25) is 0 Å². The van der Waals surface area contributed by atoms with Crippen molar-refractivity contribution >= 4 is 5.91 Å². The minimum absolute atomic E-state index is 0.0708. The summed E-state index contributed by atoms with van der Waals surface area (Å²) in [5.41, 5.74) is 1.89. The highest BCUT2D eigenvalue weighted by Crippen LogP contribution is 2.24. The summed E-state index contributed by atoms with van der Waals surface area (Å²) < 4.78 is 6.08. The van der Waals surface area contributed by atoms with Crippen LogP contribution in [0.4, 0.5) is 0 Å². The van der Waals surface area contributed by atoms with Crippen molar-refractivity contribution in [2.75, 3.05) is 32.8 Å². The van der Waals surface area contributed by atoms with E-state index in [0.29, 0.717) is 25.4 Å². The van der Waals surface area contributed by atoms with Gasteiger partial charge in [-0.25, -0.2) is 0 Å². The Morgan fingerprint density at radius 1 is 0.893 bits per heavy atom. The number of hydrogen-bond acceptors (Lipinski definition) is 3. The SMILES string of the molecule is O=C(c1ccc[nH]1)N1CCN(C(COc2ccccc2)c2ccccc2)CC1. The molecule has 1 unspecified atom stereocenters. The van der Waals surface area contributed by atoms with Gasteiger partial charge in [-0.2, -0.15) is 0 Å². The van der Waals surface area contributed by atoms with Gasteiger partial charge in [0.1, 0.15) is 18.1 Å². The van der Waals surface area contributed by atoms with E-state index in [0.717, 1.165) is 18.8 Å². The Balaban J connectivity index is 1.43. The van der Waals surface area contributed by atoms with Gasteiger partial charge in [0.25, 0.3) is 5.91 Å². The molecule has 0 saturated carbocycles. The van der Waals surface area contributed by atoms with Crippen LogP contribution in [0, 0.1) is 0 Å². The lowest BCUT2D eigenvalue weighted by atomic mass is 10.0. The zero-order valence-corrected chi connectivity index (χ0v) is 15.8. The Morgan fingerprint density at radius 3 is 2.21 bits per heavy atom. The molecule has 5 nitrogen and oxygen atoms in total. The van der Waals surface area contributed by atoms with E-state index < -0.39 is 0 Å². The second kappa shape index (κ2) is 8.76. The number of piperazine rings is 1. The molecule has 144 valence electrons. The summed E-state index contributed by atoms with van der Waals surface area (Å²) in [5, 5.41) is 0. The molecule has 1 atom stereocenters. The number of ether oxygens (including phenoxy) is 1. The number of hydrogen-bond donors (Lipinski definition) is 1. The highest BCUT2D eigenvalue weighted by Gasteiger charge is 2.28. The number of H-pyrrole nitrogens is 1. The average molecular weight is 375 g/mol. The van der Waals surface area contributed by atoms with Gasteiger partial charge in [-0.05, 0) is 29.8 Å². The molecule has 1 fully saturated rings. The van der Waals surface area contributed by atoms with Gasteiger partial charge < -0.3 is 14.6 Å². The monoisotopic (exact) mass is 375 g/mol. The fraction of sp³-hybridized carbons (Fsp3) is 0.261. The van der Waals surface area contributed by atoms with E-state index >= 15 is 0 Å². The van der Waals surface area contributed by atoms with Gasteiger partial charge in [0.15, 0.2) is 0 Å². The van der Waals surface area contributed by atoms with Crippen molar-refractivity contribution in [3.05, 3.63) is 90.3 Å². The van der Waals surface area contributed by atoms with Gasteiger partial charge in [0, 0.05) is 32.4 Å². The van der Waals surface area contributed by atoms with Crippen LogP contribution in [-0.4, -0.2) is 53.5 Å². The number of rotatable bonds is 6. The van der Waals surface area contributed by atoms with Crippen molar-refractivity contribution in [1.82, 2.24) is 14.8 Å². The van der Waals surface area contributed by atoms with Crippen molar-refractivity contribution in [2.24, 2.45) is 0 Å². The molecular formula is C23H25N3O2. The third-order valence-corrected chi connectivity index (χ3v) is 5.21. The maximum Gasteiger partial charge on any atom is 0.270 e. The van der Waals surface area contributed by atoms with Crippen LogP contribution in [0.25, 0.3) is 0 Å². The lowest BCUT2D eigenvalue weighted by Crippen LogP contribution is -2.50. The van der Waals surface area contributed by atoms with Crippen molar-refractivity contribution < 1.29 is 9.53 Å². The predicted octanol–water partition coefficient (Wildman–Crippen LogP) is 3.59. The number of aromatic amines is 1. The van der Waals surface area contributed by atoms with E-state index in [4.69, 9.17) is 4.74 Å². The zero-order valence-electron chi connectivity index (χ0n) is 15.8. The number of carbonyl (C=O) groups excluding carboxylic acids is 1. The molecule has 1 aliphatic heterocycles. The Morgan fingerprint density at radius 2 is 1.57 bits per heavy atom.